The Hall–Kier alpha value is -0.300. The van der Waals surface area contributed by atoms with Crippen LogP contribution in [0, 0.1) is 5.92 Å². The van der Waals surface area contributed by atoms with Gasteiger partial charge in [-0.25, -0.2) is 0 Å². The first kappa shape index (κ1) is 7.70. The molecule has 0 rings (SSSR count). The Labute approximate surface area is 51.6 Å². The largest absolute Gasteiger partial charge is 0.330 e. The van der Waals surface area contributed by atoms with Crippen molar-refractivity contribution in [1.82, 2.24) is 0 Å². The first-order chi connectivity index (χ1) is 3.85. The molecule has 0 aliphatic heterocycles. The van der Waals surface area contributed by atoms with E-state index in [-0.39, 0.29) is 0 Å². The van der Waals surface area contributed by atoms with Crippen molar-refractivity contribution in [3.05, 3.63) is 12.7 Å². The molecule has 1 atom stereocenters. The van der Waals surface area contributed by atoms with E-state index in [9.17, 15) is 0 Å². The van der Waals surface area contributed by atoms with Gasteiger partial charge in [0.1, 0.15) is 0 Å². The Morgan fingerprint density at radius 2 is 2.38 bits per heavy atom. The fourth-order valence-electron chi connectivity index (χ4n) is 0.703. The van der Waals surface area contributed by atoms with Gasteiger partial charge in [-0.2, -0.15) is 0 Å². The van der Waals surface area contributed by atoms with Gasteiger partial charge in [0, 0.05) is 0 Å². The molecule has 2 N–H and O–H groups in total. The van der Waals surface area contributed by atoms with E-state index in [1.165, 1.54) is 6.42 Å². The van der Waals surface area contributed by atoms with Crippen LogP contribution in [0.4, 0.5) is 0 Å². The van der Waals surface area contributed by atoms with E-state index in [0.717, 1.165) is 13.0 Å². The predicted molar refractivity (Wildman–Crippen MR) is 37.6 cm³/mol. The molecule has 1 heteroatoms. The Morgan fingerprint density at radius 1 is 1.75 bits per heavy atom. The van der Waals surface area contributed by atoms with Crippen molar-refractivity contribution >= 4 is 0 Å². The van der Waals surface area contributed by atoms with Crippen LogP contribution in [0.3, 0.4) is 0 Å². The molecule has 0 aliphatic rings. The molecular formula is C7H15N. The van der Waals surface area contributed by atoms with Crippen LogP contribution in [0.5, 0.6) is 0 Å². The van der Waals surface area contributed by atoms with Gasteiger partial charge in [-0.05, 0) is 25.3 Å². The summed E-state index contributed by atoms with van der Waals surface area (Å²) < 4.78 is 0. The third-order valence-corrected chi connectivity index (χ3v) is 1.40. The fraction of sp³-hybridized carbons (Fsp3) is 0.714. The molecule has 0 amide bonds. The van der Waals surface area contributed by atoms with Gasteiger partial charge in [0.2, 0.25) is 0 Å². The summed E-state index contributed by atoms with van der Waals surface area (Å²) >= 11 is 0. The molecule has 0 unspecified atom stereocenters. The molecule has 0 aromatic carbocycles. The summed E-state index contributed by atoms with van der Waals surface area (Å²) in [5.41, 5.74) is 5.33. The van der Waals surface area contributed by atoms with Crippen LogP contribution < -0.4 is 5.73 Å². The zero-order valence-electron chi connectivity index (χ0n) is 5.56. The van der Waals surface area contributed by atoms with E-state index in [0.29, 0.717) is 5.92 Å². The molecular weight excluding hydrogens is 98.1 g/mol. The maximum atomic E-state index is 5.33. The lowest BCUT2D eigenvalue weighted by molar-refractivity contribution is 0.582. The lowest BCUT2D eigenvalue weighted by Gasteiger charge is -2.04. The monoisotopic (exact) mass is 113 g/mol. The van der Waals surface area contributed by atoms with Gasteiger partial charge in [-0.1, -0.05) is 13.0 Å². The van der Waals surface area contributed by atoms with Gasteiger partial charge >= 0.3 is 0 Å². The molecule has 0 saturated carbocycles. The van der Waals surface area contributed by atoms with Crippen LogP contribution in [0.25, 0.3) is 0 Å². The van der Waals surface area contributed by atoms with E-state index in [1.54, 1.807) is 0 Å². The van der Waals surface area contributed by atoms with E-state index in [4.69, 9.17) is 5.73 Å². The zero-order chi connectivity index (χ0) is 6.41. The third kappa shape index (κ3) is 2.80. The Balaban J connectivity index is 3.21. The SMILES string of the molecule is C=C[C@H](CC)CCN. The molecule has 0 saturated heterocycles. The Kier molecular flexibility index (Phi) is 4.67. The molecule has 0 heterocycles. The second-order valence-corrected chi connectivity index (χ2v) is 1.98. The highest BCUT2D eigenvalue weighted by atomic mass is 14.5. The van der Waals surface area contributed by atoms with Crippen molar-refractivity contribution in [3.63, 3.8) is 0 Å². The van der Waals surface area contributed by atoms with Crippen LogP contribution in [-0.2, 0) is 0 Å². The smallest absolute Gasteiger partial charge is 0.00717 e. The normalized spacial score (nSPS) is 13.2. The number of allylic oxidation sites excluding steroid dienone is 1. The van der Waals surface area contributed by atoms with E-state index in [2.05, 4.69) is 13.5 Å². The second kappa shape index (κ2) is 4.85. The molecule has 0 aliphatic carbocycles. The topological polar surface area (TPSA) is 26.0 Å². The number of nitrogens with two attached hydrogens (primary N) is 1. The first-order valence-electron chi connectivity index (χ1n) is 3.17. The zero-order valence-corrected chi connectivity index (χ0v) is 5.56. The van der Waals surface area contributed by atoms with Crippen molar-refractivity contribution in [2.45, 2.75) is 19.8 Å². The summed E-state index contributed by atoms with van der Waals surface area (Å²) in [4.78, 5) is 0. The van der Waals surface area contributed by atoms with Crippen LogP contribution in [0.15, 0.2) is 12.7 Å². The summed E-state index contributed by atoms with van der Waals surface area (Å²) in [6.07, 6.45) is 4.23. The van der Waals surface area contributed by atoms with Gasteiger partial charge in [0.15, 0.2) is 0 Å². The van der Waals surface area contributed by atoms with Crippen LogP contribution in [0.1, 0.15) is 19.8 Å². The summed E-state index contributed by atoms with van der Waals surface area (Å²) in [6.45, 7) is 6.63. The minimum absolute atomic E-state index is 0.639. The van der Waals surface area contributed by atoms with Gasteiger partial charge in [0.05, 0.1) is 0 Å². The maximum absolute atomic E-state index is 5.33. The molecule has 1 nitrogen and oxygen atoms in total. The molecule has 48 valence electrons. The molecule has 0 aromatic heterocycles. The van der Waals surface area contributed by atoms with Crippen molar-refractivity contribution < 1.29 is 0 Å². The van der Waals surface area contributed by atoms with Gasteiger partial charge < -0.3 is 5.73 Å². The minimum Gasteiger partial charge on any atom is -0.330 e. The first-order valence-corrected chi connectivity index (χ1v) is 3.17. The van der Waals surface area contributed by atoms with Gasteiger partial charge in [0.25, 0.3) is 0 Å². The average Bonchev–Trinajstić information content (AvgIpc) is 1.83. The van der Waals surface area contributed by atoms with Crippen LogP contribution in [0.2, 0.25) is 0 Å². The molecule has 0 spiro atoms. The van der Waals surface area contributed by atoms with E-state index < -0.39 is 0 Å². The fourth-order valence-corrected chi connectivity index (χ4v) is 0.703. The van der Waals surface area contributed by atoms with Gasteiger partial charge in [-0.3, -0.25) is 0 Å². The Morgan fingerprint density at radius 3 is 2.50 bits per heavy atom. The molecule has 0 fully saturated rings. The highest BCUT2D eigenvalue weighted by molar-refractivity contribution is 4.77. The van der Waals surface area contributed by atoms with Crippen molar-refractivity contribution in [2.24, 2.45) is 11.7 Å². The van der Waals surface area contributed by atoms with Crippen LogP contribution >= 0.6 is 0 Å². The maximum Gasteiger partial charge on any atom is -0.00717 e. The van der Waals surface area contributed by atoms with Crippen molar-refractivity contribution in [3.8, 4) is 0 Å². The highest BCUT2D eigenvalue weighted by Gasteiger charge is 1.95. The highest BCUT2D eigenvalue weighted by Crippen LogP contribution is 2.06. The number of rotatable bonds is 4. The molecule has 0 aromatic rings. The quantitative estimate of drug-likeness (QED) is 0.550. The van der Waals surface area contributed by atoms with Crippen LogP contribution in [-0.4, -0.2) is 6.54 Å². The predicted octanol–water partition coefficient (Wildman–Crippen LogP) is 1.55. The molecule has 8 heavy (non-hydrogen) atoms. The van der Waals surface area contributed by atoms with E-state index >= 15 is 0 Å². The summed E-state index contributed by atoms with van der Waals surface area (Å²) in [5, 5.41) is 0. The van der Waals surface area contributed by atoms with Crippen molar-refractivity contribution in [2.75, 3.05) is 6.54 Å². The van der Waals surface area contributed by atoms with E-state index in [1.807, 2.05) is 6.08 Å². The molecule has 0 radical (unpaired) electrons. The van der Waals surface area contributed by atoms with Gasteiger partial charge in [-0.15, -0.1) is 6.58 Å². The Bertz CT molecular complexity index is 59.4. The minimum atomic E-state index is 0.639. The molecule has 0 bridgehead atoms. The number of hydrogen-bond donors (Lipinski definition) is 1. The average molecular weight is 113 g/mol. The van der Waals surface area contributed by atoms with Crippen molar-refractivity contribution in [1.29, 1.82) is 0 Å². The lowest BCUT2D eigenvalue weighted by Crippen LogP contribution is -2.05. The summed E-state index contributed by atoms with van der Waals surface area (Å²) in [5.74, 6) is 0.639. The third-order valence-electron chi connectivity index (χ3n) is 1.40. The standard InChI is InChI=1S/C7H15N/c1-3-7(4-2)5-6-8/h3,7H,1,4-6,8H2,2H3/t7-/m1/s1. The number of hydrogen-bond acceptors (Lipinski definition) is 1. The summed E-state index contributed by atoms with van der Waals surface area (Å²) in [6, 6.07) is 0. The second-order valence-electron chi connectivity index (χ2n) is 1.98. The lowest BCUT2D eigenvalue weighted by atomic mass is 10.0. The summed E-state index contributed by atoms with van der Waals surface area (Å²) in [7, 11) is 0.